The molecule has 0 aliphatic heterocycles. The molecule has 2 N–H and O–H groups in total. The monoisotopic (exact) mass is 344 g/mol. The lowest BCUT2D eigenvalue weighted by molar-refractivity contribution is -0.274. The van der Waals surface area contributed by atoms with Crippen LogP contribution in [0, 0.1) is 0 Å². The Bertz CT molecular complexity index is 565. The van der Waals surface area contributed by atoms with Crippen LogP contribution < -0.4 is 15.4 Å². The topological polar surface area (TPSA) is 67.4 Å². The van der Waals surface area contributed by atoms with Gasteiger partial charge in [0.1, 0.15) is 5.75 Å². The van der Waals surface area contributed by atoms with E-state index in [0.29, 0.717) is 0 Å². The Morgan fingerprint density at radius 1 is 0.958 bits per heavy atom. The number of nitrogens with one attached hydrogen (secondary N) is 2. The maximum atomic E-state index is 12.1. The highest BCUT2D eigenvalue weighted by molar-refractivity contribution is 6.39. The fourth-order valence-corrected chi connectivity index (χ4v) is 2.60. The summed E-state index contributed by atoms with van der Waals surface area (Å²) in [6.45, 7) is 0. The Hall–Kier alpha value is -2.25. The van der Waals surface area contributed by atoms with Gasteiger partial charge in [0.2, 0.25) is 0 Å². The molecule has 24 heavy (non-hydrogen) atoms. The van der Waals surface area contributed by atoms with Gasteiger partial charge in [0, 0.05) is 11.7 Å². The lowest BCUT2D eigenvalue weighted by Gasteiger charge is -2.16. The van der Waals surface area contributed by atoms with Crippen LogP contribution >= 0.6 is 0 Å². The van der Waals surface area contributed by atoms with Gasteiger partial charge in [-0.25, -0.2) is 0 Å². The molecular weight excluding hydrogens is 325 g/mol. The van der Waals surface area contributed by atoms with Gasteiger partial charge in [-0.15, -0.1) is 13.2 Å². The van der Waals surface area contributed by atoms with Crippen molar-refractivity contribution in [2.45, 2.75) is 50.9 Å². The molecule has 0 saturated heterocycles. The van der Waals surface area contributed by atoms with Gasteiger partial charge in [0.05, 0.1) is 0 Å². The van der Waals surface area contributed by atoms with Crippen LogP contribution in [0.1, 0.15) is 38.5 Å². The van der Waals surface area contributed by atoms with E-state index >= 15 is 0 Å². The largest absolute Gasteiger partial charge is 0.573 e. The number of hydrogen-bond donors (Lipinski definition) is 2. The second-order valence-corrected chi connectivity index (χ2v) is 5.69. The summed E-state index contributed by atoms with van der Waals surface area (Å²) in [7, 11) is 0. The predicted octanol–water partition coefficient (Wildman–Crippen LogP) is 3.36. The highest BCUT2D eigenvalue weighted by Crippen LogP contribution is 2.24. The third-order valence-corrected chi connectivity index (χ3v) is 3.74. The Morgan fingerprint density at radius 2 is 1.54 bits per heavy atom. The van der Waals surface area contributed by atoms with E-state index < -0.39 is 23.9 Å². The summed E-state index contributed by atoms with van der Waals surface area (Å²) in [6.07, 6.45) is 1.23. The lowest BCUT2D eigenvalue weighted by Crippen LogP contribution is -2.41. The second kappa shape index (κ2) is 8.03. The SMILES string of the molecule is O=C(Nc1ccc(OC(F)(F)F)cc1)C(=O)NC1CCCCCC1. The zero-order valence-electron chi connectivity index (χ0n) is 13.0. The van der Waals surface area contributed by atoms with Crippen LogP contribution in [0.2, 0.25) is 0 Å². The first-order valence-corrected chi connectivity index (χ1v) is 7.81. The maximum absolute atomic E-state index is 12.1. The number of carbonyl (C=O) groups excluding carboxylic acids is 2. The molecule has 0 unspecified atom stereocenters. The molecule has 1 saturated carbocycles. The van der Waals surface area contributed by atoms with Crippen LogP contribution in [0.25, 0.3) is 0 Å². The highest BCUT2D eigenvalue weighted by Gasteiger charge is 2.31. The lowest BCUT2D eigenvalue weighted by atomic mass is 10.1. The molecule has 1 aliphatic carbocycles. The minimum atomic E-state index is -4.77. The van der Waals surface area contributed by atoms with Crippen LogP contribution in [-0.4, -0.2) is 24.2 Å². The number of benzene rings is 1. The van der Waals surface area contributed by atoms with Gasteiger partial charge in [0.25, 0.3) is 0 Å². The van der Waals surface area contributed by atoms with Crippen LogP contribution in [0.3, 0.4) is 0 Å². The number of ether oxygens (including phenoxy) is 1. The first-order chi connectivity index (χ1) is 11.3. The fourth-order valence-electron chi connectivity index (χ4n) is 2.60. The minimum Gasteiger partial charge on any atom is -0.406 e. The van der Waals surface area contributed by atoms with Crippen molar-refractivity contribution in [1.82, 2.24) is 5.32 Å². The molecule has 1 aliphatic rings. The van der Waals surface area contributed by atoms with Gasteiger partial charge in [-0.1, -0.05) is 25.7 Å². The number of rotatable bonds is 3. The van der Waals surface area contributed by atoms with Crippen LogP contribution in [0.5, 0.6) is 5.75 Å². The molecule has 132 valence electrons. The molecule has 0 heterocycles. The van der Waals surface area contributed by atoms with Crippen molar-refractivity contribution in [3.05, 3.63) is 24.3 Å². The van der Waals surface area contributed by atoms with Gasteiger partial charge in [-0.2, -0.15) is 0 Å². The van der Waals surface area contributed by atoms with Crippen molar-refractivity contribution in [1.29, 1.82) is 0 Å². The molecule has 1 aromatic carbocycles. The molecule has 0 aromatic heterocycles. The molecule has 0 bridgehead atoms. The van der Waals surface area contributed by atoms with Crippen molar-refractivity contribution in [3.63, 3.8) is 0 Å². The molecule has 2 amide bonds. The molecule has 0 spiro atoms. The minimum absolute atomic E-state index is 0.00619. The quantitative estimate of drug-likeness (QED) is 0.653. The second-order valence-electron chi connectivity index (χ2n) is 5.69. The molecule has 5 nitrogen and oxygen atoms in total. The van der Waals surface area contributed by atoms with Crippen LogP contribution in [0.4, 0.5) is 18.9 Å². The van der Waals surface area contributed by atoms with E-state index in [9.17, 15) is 22.8 Å². The molecule has 8 heteroatoms. The Labute approximate surface area is 137 Å². The summed E-state index contributed by atoms with van der Waals surface area (Å²) in [4.78, 5) is 23.7. The van der Waals surface area contributed by atoms with Gasteiger partial charge in [-0.05, 0) is 37.1 Å². The Balaban J connectivity index is 1.85. The summed E-state index contributed by atoms with van der Waals surface area (Å²) < 4.78 is 39.9. The number of alkyl halides is 3. The molecule has 0 radical (unpaired) electrons. The summed E-state index contributed by atoms with van der Waals surface area (Å²) >= 11 is 0. The summed E-state index contributed by atoms with van der Waals surface area (Å²) in [5.74, 6) is -1.98. The van der Waals surface area contributed by atoms with E-state index in [4.69, 9.17) is 0 Å². The van der Waals surface area contributed by atoms with Gasteiger partial charge in [-0.3, -0.25) is 9.59 Å². The van der Waals surface area contributed by atoms with Gasteiger partial charge in [0.15, 0.2) is 0 Å². The number of halogens is 3. The van der Waals surface area contributed by atoms with E-state index in [1.807, 2.05) is 0 Å². The Morgan fingerprint density at radius 3 is 2.08 bits per heavy atom. The van der Waals surface area contributed by atoms with E-state index in [1.165, 1.54) is 12.1 Å². The van der Waals surface area contributed by atoms with Crippen molar-refractivity contribution in [3.8, 4) is 5.75 Å². The highest BCUT2D eigenvalue weighted by atomic mass is 19.4. The third-order valence-electron chi connectivity index (χ3n) is 3.74. The van der Waals surface area contributed by atoms with Crippen molar-refractivity contribution >= 4 is 17.5 Å². The van der Waals surface area contributed by atoms with Crippen molar-refractivity contribution in [2.75, 3.05) is 5.32 Å². The van der Waals surface area contributed by atoms with E-state index in [-0.39, 0.29) is 11.7 Å². The van der Waals surface area contributed by atoms with Crippen LogP contribution in [-0.2, 0) is 9.59 Å². The molecule has 2 rings (SSSR count). The number of hydrogen-bond acceptors (Lipinski definition) is 3. The summed E-state index contributed by atoms with van der Waals surface area (Å²) in [5, 5.41) is 5.05. The van der Waals surface area contributed by atoms with Crippen LogP contribution in [0.15, 0.2) is 24.3 Å². The average Bonchev–Trinajstić information content (AvgIpc) is 2.76. The summed E-state index contributed by atoms with van der Waals surface area (Å²) in [6, 6.07) is 4.59. The number of carbonyl (C=O) groups is 2. The van der Waals surface area contributed by atoms with E-state index in [0.717, 1.165) is 50.7 Å². The summed E-state index contributed by atoms with van der Waals surface area (Å²) in [5.41, 5.74) is 0.213. The van der Waals surface area contributed by atoms with Gasteiger partial charge < -0.3 is 15.4 Å². The zero-order valence-corrected chi connectivity index (χ0v) is 13.0. The average molecular weight is 344 g/mol. The molecular formula is C16H19F3N2O3. The molecule has 0 atom stereocenters. The molecule has 1 fully saturated rings. The standard InChI is InChI=1S/C16H19F3N2O3/c17-16(18,19)24-13-9-7-12(8-10-13)21-15(23)14(22)20-11-5-3-1-2-4-6-11/h7-11H,1-6H2,(H,20,22)(H,21,23). The normalized spacial score (nSPS) is 16.1. The fraction of sp³-hybridized carbons (Fsp3) is 0.500. The van der Waals surface area contributed by atoms with Gasteiger partial charge >= 0.3 is 18.2 Å². The first-order valence-electron chi connectivity index (χ1n) is 7.81. The first kappa shape index (κ1) is 18.1. The Kier molecular flexibility index (Phi) is 6.05. The molecule has 1 aromatic rings. The van der Waals surface area contributed by atoms with E-state index in [1.54, 1.807) is 0 Å². The smallest absolute Gasteiger partial charge is 0.406 e. The number of amides is 2. The van der Waals surface area contributed by atoms with Crippen molar-refractivity contribution in [2.24, 2.45) is 0 Å². The number of anilines is 1. The van der Waals surface area contributed by atoms with E-state index in [2.05, 4.69) is 15.4 Å². The predicted molar refractivity (Wildman–Crippen MR) is 81.4 cm³/mol. The zero-order chi connectivity index (χ0) is 17.6. The third kappa shape index (κ3) is 6.10. The van der Waals surface area contributed by atoms with Crippen molar-refractivity contribution < 1.29 is 27.5 Å². The maximum Gasteiger partial charge on any atom is 0.573 e.